The molecule has 0 heterocycles. The number of hydrogen-bond acceptors (Lipinski definition) is 3. The van der Waals surface area contributed by atoms with Gasteiger partial charge in [0, 0.05) is 0 Å². The zero-order valence-electron chi connectivity index (χ0n) is 9.22. The van der Waals surface area contributed by atoms with Crippen molar-refractivity contribution in [1.29, 1.82) is 0 Å². The lowest BCUT2D eigenvalue weighted by molar-refractivity contribution is -0.124. The number of hydrogen-bond donors (Lipinski definition) is 2. The topological polar surface area (TPSA) is 72.2 Å². The lowest BCUT2D eigenvalue weighted by Gasteiger charge is -2.14. The Morgan fingerprint density at radius 3 is 2.56 bits per heavy atom. The number of rotatable bonds is 5. The first kappa shape index (κ1) is 12.4. The van der Waals surface area contributed by atoms with E-state index in [2.05, 4.69) is 5.32 Å². The van der Waals surface area contributed by atoms with Crippen LogP contribution in [-0.4, -0.2) is 24.3 Å². The standard InChI is InChI=1S/C12H16N2O2/c1-9(13)12(16)14-11(8-15)7-10-5-3-2-4-6-10/h2-6,8-9,11H,7,13H2,1H3,(H,14,16). The van der Waals surface area contributed by atoms with E-state index in [0.29, 0.717) is 6.42 Å². The lowest BCUT2D eigenvalue weighted by Crippen LogP contribution is -2.45. The fourth-order valence-electron chi connectivity index (χ4n) is 1.32. The highest BCUT2D eigenvalue weighted by Gasteiger charge is 2.14. The van der Waals surface area contributed by atoms with Gasteiger partial charge < -0.3 is 15.8 Å². The summed E-state index contributed by atoms with van der Waals surface area (Å²) in [7, 11) is 0. The molecule has 4 nitrogen and oxygen atoms in total. The van der Waals surface area contributed by atoms with Crippen LogP contribution in [0.15, 0.2) is 30.3 Å². The van der Waals surface area contributed by atoms with Crippen molar-refractivity contribution in [3.63, 3.8) is 0 Å². The van der Waals surface area contributed by atoms with Crippen molar-refractivity contribution < 1.29 is 9.59 Å². The summed E-state index contributed by atoms with van der Waals surface area (Å²) in [5.74, 6) is -0.312. The molecule has 0 aromatic heterocycles. The smallest absolute Gasteiger partial charge is 0.237 e. The highest BCUT2D eigenvalue weighted by molar-refractivity contribution is 5.83. The molecule has 0 aliphatic heterocycles. The van der Waals surface area contributed by atoms with Crippen molar-refractivity contribution in [3.05, 3.63) is 35.9 Å². The van der Waals surface area contributed by atoms with Crippen molar-refractivity contribution in [1.82, 2.24) is 5.32 Å². The van der Waals surface area contributed by atoms with E-state index in [4.69, 9.17) is 5.73 Å². The molecule has 1 amide bonds. The lowest BCUT2D eigenvalue weighted by atomic mass is 10.1. The molecule has 0 spiro atoms. The Balaban J connectivity index is 2.56. The second-order valence-corrected chi connectivity index (χ2v) is 3.73. The third-order valence-electron chi connectivity index (χ3n) is 2.20. The van der Waals surface area contributed by atoms with Crippen molar-refractivity contribution in [2.45, 2.75) is 25.4 Å². The third kappa shape index (κ3) is 3.82. The maximum atomic E-state index is 11.3. The summed E-state index contributed by atoms with van der Waals surface area (Å²) in [5.41, 5.74) is 6.41. The normalized spacial score (nSPS) is 13.9. The summed E-state index contributed by atoms with van der Waals surface area (Å²) in [6.45, 7) is 1.58. The van der Waals surface area contributed by atoms with Crippen LogP contribution in [0.3, 0.4) is 0 Å². The van der Waals surface area contributed by atoms with E-state index in [-0.39, 0.29) is 5.91 Å². The van der Waals surface area contributed by atoms with E-state index in [1.54, 1.807) is 6.92 Å². The summed E-state index contributed by atoms with van der Waals surface area (Å²) in [5, 5.41) is 2.58. The first-order valence-corrected chi connectivity index (χ1v) is 5.18. The minimum absolute atomic E-state index is 0.312. The van der Waals surface area contributed by atoms with Gasteiger partial charge in [-0.3, -0.25) is 4.79 Å². The van der Waals surface area contributed by atoms with E-state index in [9.17, 15) is 9.59 Å². The zero-order valence-corrected chi connectivity index (χ0v) is 9.22. The Kier molecular flexibility index (Phi) is 4.66. The predicted octanol–water partition coefficient (Wildman–Crippen LogP) is 0.260. The van der Waals surface area contributed by atoms with Crippen LogP contribution in [0.4, 0.5) is 0 Å². The molecule has 3 N–H and O–H groups in total. The second-order valence-electron chi connectivity index (χ2n) is 3.73. The van der Waals surface area contributed by atoms with Crippen molar-refractivity contribution >= 4 is 12.2 Å². The van der Waals surface area contributed by atoms with Gasteiger partial charge in [-0.25, -0.2) is 0 Å². The fourth-order valence-corrected chi connectivity index (χ4v) is 1.32. The molecule has 0 saturated heterocycles. The van der Waals surface area contributed by atoms with Gasteiger partial charge in [-0.15, -0.1) is 0 Å². The molecule has 1 aromatic carbocycles. The summed E-state index contributed by atoms with van der Waals surface area (Å²) in [6.07, 6.45) is 1.22. The Hall–Kier alpha value is -1.68. The molecule has 0 saturated carbocycles. The van der Waals surface area contributed by atoms with Crippen LogP contribution in [0.1, 0.15) is 12.5 Å². The quantitative estimate of drug-likeness (QED) is 0.699. The van der Waals surface area contributed by atoms with Crippen LogP contribution in [0, 0.1) is 0 Å². The first-order valence-electron chi connectivity index (χ1n) is 5.18. The molecule has 2 unspecified atom stereocenters. The maximum Gasteiger partial charge on any atom is 0.237 e. The average molecular weight is 220 g/mol. The summed E-state index contributed by atoms with van der Waals surface area (Å²) < 4.78 is 0. The Bertz CT molecular complexity index is 349. The van der Waals surface area contributed by atoms with E-state index >= 15 is 0 Å². The Morgan fingerprint density at radius 1 is 1.44 bits per heavy atom. The summed E-state index contributed by atoms with van der Waals surface area (Å²) >= 11 is 0. The number of aldehydes is 1. The number of amides is 1. The first-order chi connectivity index (χ1) is 7.63. The largest absolute Gasteiger partial charge is 0.345 e. The number of nitrogens with one attached hydrogen (secondary N) is 1. The Morgan fingerprint density at radius 2 is 2.06 bits per heavy atom. The van der Waals surface area contributed by atoms with Gasteiger partial charge in [0.1, 0.15) is 6.29 Å². The van der Waals surface area contributed by atoms with Gasteiger partial charge in [-0.05, 0) is 18.9 Å². The van der Waals surface area contributed by atoms with Crippen molar-refractivity contribution in [3.8, 4) is 0 Å². The molecule has 0 aliphatic carbocycles. The molecular weight excluding hydrogens is 204 g/mol. The maximum absolute atomic E-state index is 11.3. The number of carbonyl (C=O) groups excluding carboxylic acids is 2. The molecule has 16 heavy (non-hydrogen) atoms. The molecule has 0 fully saturated rings. The van der Waals surface area contributed by atoms with E-state index in [1.165, 1.54) is 0 Å². The van der Waals surface area contributed by atoms with Gasteiger partial charge in [0.15, 0.2) is 0 Å². The van der Waals surface area contributed by atoms with Gasteiger partial charge in [0.05, 0.1) is 12.1 Å². The fraction of sp³-hybridized carbons (Fsp3) is 0.333. The second kappa shape index (κ2) is 6.02. The molecule has 0 aliphatic rings. The monoisotopic (exact) mass is 220 g/mol. The van der Waals surface area contributed by atoms with Gasteiger partial charge >= 0.3 is 0 Å². The van der Waals surface area contributed by atoms with Crippen LogP contribution in [0.2, 0.25) is 0 Å². The minimum atomic E-state index is -0.599. The van der Waals surface area contributed by atoms with Crippen LogP contribution >= 0.6 is 0 Å². The highest BCUT2D eigenvalue weighted by Crippen LogP contribution is 2.01. The summed E-state index contributed by atoms with van der Waals surface area (Å²) in [4.78, 5) is 22.1. The van der Waals surface area contributed by atoms with Gasteiger partial charge in [0.25, 0.3) is 0 Å². The van der Waals surface area contributed by atoms with Crippen molar-refractivity contribution in [2.75, 3.05) is 0 Å². The molecule has 1 aromatic rings. The molecule has 1 rings (SSSR count). The Labute approximate surface area is 94.8 Å². The van der Waals surface area contributed by atoms with E-state index < -0.39 is 12.1 Å². The van der Waals surface area contributed by atoms with Crippen LogP contribution in [0.5, 0.6) is 0 Å². The van der Waals surface area contributed by atoms with Gasteiger partial charge in [0.2, 0.25) is 5.91 Å². The third-order valence-corrected chi connectivity index (χ3v) is 2.20. The molecular formula is C12H16N2O2. The SMILES string of the molecule is CC(N)C(=O)NC(C=O)Cc1ccccc1. The van der Waals surface area contributed by atoms with Gasteiger partial charge in [-0.2, -0.15) is 0 Å². The molecule has 0 radical (unpaired) electrons. The average Bonchev–Trinajstić information content (AvgIpc) is 2.29. The molecule has 4 heteroatoms. The number of nitrogens with two attached hydrogens (primary N) is 1. The molecule has 0 bridgehead atoms. The highest BCUT2D eigenvalue weighted by atomic mass is 16.2. The molecule has 2 atom stereocenters. The number of benzene rings is 1. The molecule has 86 valence electrons. The predicted molar refractivity (Wildman–Crippen MR) is 61.8 cm³/mol. The van der Waals surface area contributed by atoms with Gasteiger partial charge in [-0.1, -0.05) is 30.3 Å². The van der Waals surface area contributed by atoms with Crippen molar-refractivity contribution in [2.24, 2.45) is 5.73 Å². The van der Waals surface area contributed by atoms with Crippen LogP contribution in [0.25, 0.3) is 0 Å². The van der Waals surface area contributed by atoms with E-state index in [1.807, 2.05) is 30.3 Å². The number of carbonyl (C=O) groups is 2. The van der Waals surface area contributed by atoms with E-state index in [0.717, 1.165) is 11.8 Å². The van der Waals surface area contributed by atoms with Crippen LogP contribution in [-0.2, 0) is 16.0 Å². The minimum Gasteiger partial charge on any atom is -0.345 e. The van der Waals surface area contributed by atoms with Crippen LogP contribution < -0.4 is 11.1 Å². The zero-order chi connectivity index (χ0) is 12.0. The summed E-state index contributed by atoms with van der Waals surface area (Å²) in [6, 6.07) is 8.40.